The Hall–Kier alpha value is -2.80. The molecule has 0 spiro atoms. The summed E-state index contributed by atoms with van der Waals surface area (Å²) in [6.45, 7) is -0.416. The zero-order valence-corrected chi connectivity index (χ0v) is 12.8. The molecule has 0 radical (unpaired) electrons. The van der Waals surface area contributed by atoms with E-state index in [1.807, 2.05) is 0 Å². The van der Waals surface area contributed by atoms with Gasteiger partial charge in [0.15, 0.2) is 6.61 Å². The predicted molar refractivity (Wildman–Crippen MR) is 80.2 cm³/mol. The molecule has 8 heteroatoms. The maximum absolute atomic E-state index is 13.5. The highest BCUT2D eigenvalue weighted by Gasteiger charge is 2.19. The molecule has 0 saturated carbocycles. The Bertz CT molecular complexity index is 878. The number of benzene rings is 2. The van der Waals surface area contributed by atoms with Crippen LogP contribution in [-0.4, -0.2) is 16.1 Å². The molecule has 0 bridgehead atoms. The van der Waals surface area contributed by atoms with Crippen molar-refractivity contribution in [3.63, 3.8) is 0 Å². The fourth-order valence-corrected chi connectivity index (χ4v) is 2.14. The lowest BCUT2D eigenvalue weighted by molar-refractivity contribution is 0.0418. The van der Waals surface area contributed by atoms with Crippen LogP contribution in [0.25, 0.3) is 11.4 Å². The van der Waals surface area contributed by atoms with E-state index in [-0.39, 0.29) is 11.7 Å². The molecule has 3 aromatic rings. The van der Waals surface area contributed by atoms with Crippen molar-refractivity contribution in [2.24, 2.45) is 0 Å². The third-order valence-electron chi connectivity index (χ3n) is 3.04. The second-order valence-electron chi connectivity index (χ2n) is 4.69. The van der Waals surface area contributed by atoms with Gasteiger partial charge >= 0.3 is 5.97 Å². The van der Waals surface area contributed by atoms with E-state index in [0.717, 1.165) is 18.2 Å². The molecule has 3 rings (SSSR count). The lowest BCUT2D eigenvalue weighted by Gasteiger charge is -2.04. The Morgan fingerprint density at radius 2 is 1.88 bits per heavy atom. The van der Waals surface area contributed by atoms with Gasteiger partial charge < -0.3 is 9.26 Å². The van der Waals surface area contributed by atoms with Crippen LogP contribution in [0.4, 0.5) is 8.78 Å². The van der Waals surface area contributed by atoms with Gasteiger partial charge in [-0.05, 0) is 24.3 Å². The Balaban J connectivity index is 1.71. The monoisotopic (exact) mass is 350 g/mol. The van der Waals surface area contributed by atoms with Crippen LogP contribution < -0.4 is 0 Å². The van der Waals surface area contributed by atoms with E-state index in [0.29, 0.717) is 10.6 Å². The number of nitrogens with zero attached hydrogens (tertiary/aromatic N) is 2. The quantitative estimate of drug-likeness (QED) is 0.665. The molecule has 1 heterocycles. The van der Waals surface area contributed by atoms with Gasteiger partial charge in [-0.25, -0.2) is 13.6 Å². The largest absolute Gasteiger partial charge is 0.452 e. The Morgan fingerprint density at radius 3 is 2.58 bits per heavy atom. The van der Waals surface area contributed by atoms with Crippen molar-refractivity contribution in [2.75, 3.05) is 0 Å². The van der Waals surface area contributed by atoms with E-state index in [1.54, 1.807) is 24.3 Å². The summed E-state index contributed by atoms with van der Waals surface area (Å²) < 4.78 is 36.7. The van der Waals surface area contributed by atoms with Crippen LogP contribution in [0.5, 0.6) is 0 Å². The SMILES string of the molecule is O=C(OCc1nc(-c2cccc(Cl)c2)no1)c1c(F)cccc1F. The van der Waals surface area contributed by atoms with Crippen molar-refractivity contribution >= 4 is 17.6 Å². The highest BCUT2D eigenvalue weighted by molar-refractivity contribution is 6.30. The van der Waals surface area contributed by atoms with Crippen LogP contribution in [0, 0.1) is 11.6 Å². The zero-order valence-electron chi connectivity index (χ0n) is 12.0. The number of hydrogen-bond donors (Lipinski definition) is 0. The summed E-state index contributed by atoms with van der Waals surface area (Å²) >= 11 is 5.88. The molecule has 1 aromatic heterocycles. The number of ether oxygens (including phenoxy) is 1. The van der Waals surface area contributed by atoms with E-state index in [2.05, 4.69) is 10.1 Å². The molecule has 0 atom stereocenters. The molecule has 0 aliphatic carbocycles. The summed E-state index contributed by atoms with van der Waals surface area (Å²) in [6.07, 6.45) is 0. The highest BCUT2D eigenvalue weighted by atomic mass is 35.5. The average Bonchev–Trinajstić information content (AvgIpc) is 3.02. The van der Waals surface area contributed by atoms with Crippen molar-refractivity contribution in [3.05, 3.63) is 70.6 Å². The van der Waals surface area contributed by atoms with Crippen molar-refractivity contribution in [1.29, 1.82) is 0 Å². The minimum atomic E-state index is -1.16. The summed E-state index contributed by atoms with van der Waals surface area (Å²) in [5, 5.41) is 4.23. The fraction of sp³-hybridized carbons (Fsp3) is 0.0625. The second-order valence-corrected chi connectivity index (χ2v) is 5.13. The van der Waals surface area contributed by atoms with Gasteiger partial charge in [0.25, 0.3) is 5.89 Å². The van der Waals surface area contributed by atoms with Crippen molar-refractivity contribution in [2.45, 2.75) is 6.61 Å². The summed E-state index contributed by atoms with van der Waals surface area (Å²) in [5.74, 6) is -2.95. The van der Waals surface area contributed by atoms with Gasteiger partial charge in [0.1, 0.15) is 17.2 Å². The number of aromatic nitrogens is 2. The number of rotatable bonds is 4. The molecule has 0 N–H and O–H groups in total. The van der Waals surface area contributed by atoms with E-state index in [1.165, 1.54) is 0 Å². The summed E-state index contributed by atoms with van der Waals surface area (Å²) in [4.78, 5) is 15.8. The predicted octanol–water partition coefficient (Wildman–Crippen LogP) is 4.03. The molecule has 0 fully saturated rings. The number of halogens is 3. The molecule has 0 saturated heterocycles. The van der Waals surface area contributed by atoms with Gasteiger partial charge in [0.05, 0.1) is 0 Å². The Labute approximate surface area is 139 Å². The molecule has 0 aliphatic rings. The third-order valence-corrected chi connectivity index (χ3v) is 3.28. The molecule has 5 nitrogen and oxygen atoms in total. The summed E-state index contributed by atoms with van der Waals surface area (Å²) in [6, 6.07) is 9.84. The molecule has 0 amide bonds. The number of carbonyl (C=O) groups excluding carboxylic acids is 1. The molecule has 0 unspecified atom stereocenters. The van der Waals surface area contributed by atoms with Gasteiger partial charge in [-0.1, -0.05) is 35.0 Å². The number of hydrogen-bond acceptors (Lipinski definition) is 5. The van der Waals surface area contributed by atoms with E-state index in [9.17, 15) is 13.6 Å². The standard InChI is InChI=1S/C16H9ClF2N2O3/c17-10-4-1-3-9(7-10)15-20-13(24-21-15)8-23-16(22)14-11(18)5-2-6-12(14)19/h1-7H,8H2. The first-order chi connectivity index (χ1) is 11.5. The molecule has 0 aliphatic heterocycles. The van der Waals surface area contributed by atoms with Crippen LogP contribution in [0.15, 0.2) is 47.0 Å². The molecule has 2 aromatic carbocycles. The van der Waals surface area contributed by atoms with Crippen LogP contribution in [0.2, 0.25) is 5.02 Å². The number of esters is 1. The highest BCUT2D eigenvalue weighted by Crippen LogP contribution is 2.20. The van der Waals surface area contributed by atoms with Crippen LogP contribution >= 0.6 is 11.6 Å². The van der Waals surface area contributed by atoms with E-state index < -0.39 is 29.8 Å². The van der Waals surface area contributed by atoms with Crippen molar-refractivity contribution in [3.8, 4) is 11.4 Å². The fourth-order valence-electron chi connectivity index (χ4n) is 1.95. The van der Waals surface area contributed by atoms with Crippen molar-refractivity contribution < 1.29 is 22.8 Å². The van der Waals surface area contributed by atoms with Crippen LogP contribution in [0.3, 0.4) is 0 Å². The average molecular weight is 351 g/mol. The smallest absolute Gasteiger partial charge is 0.344 e. The Kier molecular flexibility index (Phi) is 4.52. The minimum absolute atomic E-state index is 0.0185. The van der Waals surface area contributed by atoms with Gasteiger partial charge in [0, 0.05) is 10.6 Å². The van der Waals surface area contributed by atoms with Crippen molar-refractivity contribution in [1.82, 2.24) is 10.1 Å². The van der Waals surface area contributed by atoms with Crippen LogP contribution in [-0.2, 0) is 11.3 Å². The second kappa shape index (κ2) is 6.76. The number of carbonyl (C=O) groups is 1. The van der Waals surface area contributed by atoms with Gasteiger partial charge in [-0.2, -0.15) is 4.98 Å². The van der Waals surface area contributed by atoms with E-state index in [4.69, 9.17) is 20.9 Å². The maximum Gasteiger partial charge on any atom is 0.344 e. The topological polar surface area (TPSA) is 65.2 Å². The van der Waals surface area contributed by atoms with Gasteiger partial charge in [0.2, 0.25) is 5.82 Å². The molecule has 24 heavy (non-hydrogen) atoms. The summed E-state index contributed by atoms with van der Waals surface area (Å²) in [5.41, 5.74) is -0.156. The first-order valence-corrected chi connectivity index (χ1v) is 7.12. The Morgan fingerprint density at radius 1 is 1.17 bits per heavy atom. The van der Waals surface area contributed by atoms with Crippen LogP contribution in [0.1, 0.15) is 16.2 Å². The third kappa shape index (κ3) is 3.41. The molecule has 122 valence electrons. The molecular weight excluding hydrogens is 342 g/mol. The zero-order chi connectivity index (χ0) is 17.1. The lowest BCUT2D eigenvalue weighted by atomic mass is 10.2. The summed E-state index contributed by atoms with van der Waals surface area (Å²) in [7, 11) is 0. The van der Waals surface area contributed by atoms with E-state index >= 15 is 0 Å². The molecular formula is C16H9ClF2N2O3. The van der Waals surface area contributed by atoms with Gasteiger partial charge in [-0.3, -0.25) is 0 Å². The van der Waals surface area contributed by atoms with Gasteiger partial charge in [-0.15, -0.1) is 0 Å². The lowest BCUT2D eigenvalue weighted by Crippen LogP contribution is -2.10. The maximum atomic E-state index is 13.5. The minimum Gasteiger partial charge on any atom is -0.452 e. The normalized spacial score (nSPS) is 10.6. The first-order valence-electron chi connectivity index (χ1n) is 6.74. The first kappa shape index (κ1) is 16.1.